The molecule has 1 unspecified atom stereocenters. The number of anilines is 1. The van der Waals surface area contributed by atoms with Gasteiger partial charge < -0.3 is 14.4 Å². The van der Waals surface area contributed by atoms with Crippen LogP contribution in [0.25, 0.3) is 0 Å². The first-order chi connectivity index (χ1) is 9.97. The summed E-state index contributed by atoms with van der Waals surface area (Å²) in [4.78, 5) is 36.6. The molecule has 0 N–H and O–H groups in total. The lowest BCUT2D eigenvalue weighted by Gasteiger charge is -2.17. The number of ether oxygens (including phenoxy) is 2. The Balaban J connectivity index is 2.23. The molecular weight excluding hydrogens is 274 g/mol. The van der Waals surface area contributed by atoms with Gasteiger partial charge in [-0.3, -0.25) is 9.59 Å². The van der Waals surface area contributed by atoms with Crippen LogP contribution in [0, 0.1) is 12.8 Å². The number of methoxy groups -OCH3 is 2. The van der Waals surface area contributed by atoms with E-state index in [2.05, 4.69) is 9.47 Å². The number of carbonyl (C=O) groups is 3. The number of carbonyl (C=O) groups excluding carboxylic acids is 3. The SMILES string of the molecule is COC(=O)c1ccc(N2CC(C(=O)OC)CC2=O)cc1C. The lowest BCUT2D eigenvalue weighted by atomic mass is 10.1. The van der Waals surface area contributed by atoms with Crippen LogP contribution in [0.15, 0.2) is 18.2 Å². The standard InChI is InChI=1S/C15H17NO5/c1-9-6-11(4-5-12(9)15(19)21-3)16-8-10(7-13(16)17)14(18)20-2/h4-6,10H,7-8H2,1-3H3. The molecule has 0 aromatic heterocycles. The van der Waals surface area contributed by atoms with E-state index in [0.29, 0.717) is 23.4 Å². The Labute approximate surface area is 122 Å². The summed E-state index contributed by atoms with van der Waals surface area (Å²) in [6, 6.07) is 5.04. The van der Waals surface area contributed by atoms with Crippen molar-refractivity contribution in [2.45, 2.75) is 13.3 Å². The third-order valence-electron chi connectivity index (χ3n) is 3.59. The zero-order valence-corrected chi connectivity index (χ0v) is 12.2. The van der Waals surface area contributed by atoms with E-state index >= 15 is 0 Å². The van der Waals surface area contributed by atoms with E-state index in [1.807, 2.05) is 0 Å². The third kappa shape index (κ3) is 2.89. The van der Waals surface area contributed by atoms with Crippen LogP contribution in [-0.4, -0.2) is 38.6 Å². The molecular formula is C15H17NO5. The predicted octanol–water partition coefficient (Wildman–Crippen LogP) is 1.31. The maximum absolute atomic E-state index is 12.0. The van der Waals surface area contributed by atoms with Gasteiger partial charge in [-0.2, -0.15) is 0 Å². The number of rotatable bonds is 3. The molecule has 1 saturated heterocycles. The van der Waals surface area contributed by atoms with Crippen molar-refractivity contribution in [1.29, 1.82) is 0 Å². The molecule has 1 aliphatic heterocycles. The second-order valence-corrected chi connectivity index (χ2v) is 4.92. The van der Waals surface area contributed by atoms with Crippen LogP contribution in [0.5, 0.6) is 0 Å². The van der Waals surface area contributed by atoms with Crippen molar-refractivity contribution in [3.05, 3.63) is 29.3 Å². The van der Waals surface area contributed by atoms with Crippen molar-refractivity contribution in [3.8, 4) is 0 Å². The lowest BCUT2D eigenvalue weighted by Crippen LogP contribution is -2.26. The number of hydrogen-bond donors (Lipinski definition) is 0. The zero-order valence-electron chi connectivity index (χ0n) is 12.2. The summed E-state index contributed by atoms with van der Waals surface area (Å²) >= 11 is 0. The molecule has 0 spiro atoms. The van der Waals surface area contributed by atoms with Gasteiger partial charge in [-0.05, 0) is 30.7 Å². The van der Waals surface area contributed by atoms with Crippen molar-refractivity contribution in [2.24, 2.45) is 5.92 Å². The summed E-state index contributed by atoms with van der Waals surface area (Å²) in [7, 11) is 2.63. The summed E-state index contributed by atoms with van der Waals surface area (Å²) in [5.41, 5.74) is 1.84. The summed E-state index contributed by atoms with van der Waals surface area (Å²) in [6.45, 7) is 2.07. The van der Waals surface area contributed by atoms with Crippen LogP contribution >= 0.6 is 0 Å². The molecule has 0 bridgehead atoms. The maximum atomic E-state index is 12.0. The van der Waals surface area contributed by atoms with Crippen molar-refractivity contribution in [1.82, 2.24) is 0 Å². The van der Waals surface area contributed by atoms with E-state index in [1.54, 1.807) is 25.1 Å². The molecule has 1 fully saturated rings. The van der Waals surface area contributed by atoms with Gasteiger partial charge in [0.1, 0.15) is 0 Å². The van der Waals surface area contributed by atoms with Gasteiger partial charge in [0.15, 0.2) is 0 Å². The largest absolute Gasteiger partial charge is 0.469 e. The van der Waals surface area contributed by atoms with Gasteiger partial charge in [-0.1, -0.05) is 0 Å². The quantitative estimate of drug-likeness (QED) is 0.785. The normalized spacial score (nSPS) is 17.8. The fraction of sp³-hybridized carbons (Fsp3) is 0.400. The van der Waals surface area contributed by atoms with Gasteiger partial charge in [-0.25, -0.2) is 4.79 Å². The molecule has 1 aliphatic rings. The number of aryl methyl sites for hydroxylation is 1. The summed E-state index contributed by atoms with van der Waals surface area (Å²) < 4.78 is 9.36. The Hall–Kier alpha value is -2.37. The first-order valence-electron chi connectivity index (χ1n) is 6.55. The Morgan fingerprint density at radius 3 is 2.52 bits per heavy atom. The summed E-state index contributed by atoms with van der Waals surface area (Å²) in [5.74, 6) is -1.37. The van der Waals surface area contributed by atoms with Crippen molar-refractivity contribution < 1.29 is 23.9 Å². The van der Waals surface area contributed by atoms with E-state index in [0.717, 1.165) is 0 Å². The predicted molar refractivity (Wildman–Crippen MR) is 75.0 cm³/mol. The molecule has 6 nitrogen and oxygen atoms in total. The minimum absolute atomic E-state index is 0.129. The molecule has 1 aromatic carbocycles. The summed E-state index contributed by atoms with van der Waals surface area (Å²) in [5, 5.41) is 0. The second-order valence-electron chi connectivity index (χ2n) is 4.92. The van der Waals surface area contributed by atoms with Crippen LogP contribution < -0.4 is 4.90 Å². The fourth-order valence-electron chi connectivity index (χ4n) is 2.44. The van der Waals surface area contributed by atoms with Crippen LogP contribution in [0.3, 0.4) is 0 Å². The Kier molecular flexibility index (Phi) is 4.26. The first-order valence-corrected chi connectivity index (χ1v) is 6.55. The highest BCUT2D eigenvalue weighted by molar-refractivity contribution is 6.00. The molecule has 0 saturated carbocycles. The average molecular weight is 291 g/mol. The smallest absolute Gasteiger partial charge is 0.338 e. The average Bonchev–Trinajstić information content (AvgIpc) is 2.87. The van der Waals surface area contributed by atoms with E-state index in [1.165, 1.54) is 19.1 Å². The zero-order chi connectivity index (χ0) is 15.6. The maximum Gasteiger partial charge on any atom is 0.338 e. The highest BCUT2D eigenvalue weighted by atomic mass is 16.5. The molecule has 0 radical (unpaired) electrons. The van der Waals surface area contributed by atoms with Gasteiger partial charge in [0.05, 0.1) is 25.7 Å². The van der Waals surface area contributed by atoms with Gasteiger partial charge in [0, 0.05) is 18.7 Å². The number of amides is 1. The first kappa shape index (κ1) is 15.0. The molecule has 2 rings (SSSR count). The van der Waals surface area contributed by atoms with Crippen molar-refractivity contribution >= 4 is 23.5 Å². The van der Waals surface area contributed by atoms with Crippen LogP contribution in [0.4, 0.5) is 5.69 Å². The van der Waals surface area contributed by atoms with Crippen LogP contribution in [-0.2, 0) is 19.1 Å². The van der Waals surface area contributed by atoms with Gasteiger partial charge in [-0.15, -0.1) is 0 Å². The number of nitrogens with zero attached hydrogens (tertiary/aromatic N) is 1. The van der Waals surface area contributed by atoms with E-state index in [4.69, 9.17) is 0 Å². The van der Waals surface area contributed by atoms with Crippen molar-refractivity contribution in [3.63, 3.8) is 0 Å². The minimum Gasteiger partial charge on any atom is -0.469 e. The lowest BCUT2D eigenvalue weighted by molar-refractivity contribution is -0.145. The van der Waals surface area contributed by atoms with E-state index in [-0.39, 0.29) is 18.3 Å². The van der Waals surface area contributed by atoms with Crippen LogP contribution in [0.2, 0.25) is 0 Å². The molecule has 21 heavy (non-hydrogen) atoms. The van der Waals surface area contributed by atoms with Gasteiger partial charge in [0.2, 0.25) is 5.91 Å². The highest BCUT2D eigenvalue weighted by Gasteiger charge is 2.35. The fourth-order valence-corrected chi connectivity index (χ4v) is 2.44. The Bertz CT molecular complexity index is 596. The van der Waals surface area contributed by atoms with Crippen LogP contribution in [0.1, 0.15) is 22.3 Å². The van der Waals surface area contributed by atoms with E-state index < -0.39 is 11.9 Å². The summed E-state index contributed by atoms with van der Waals surface area (Å²) in [6.07, 6.45) is 0.143. The molecule has 1 atom stereocenters. The number of benzene rings is 1. The molecule has 1 heterocycles. The van der Waals surface area contributed by atoms with E-state index in [9.17, 15) is 14.4 Å². The number of esters is 2. The van der Waals surface area contributed by atoms with Crippen molar-refractivity contribution in [2.75, 3.05) is 25.7 Å². The topological polar surface area (TPSA) is 72.9 Å². The van der Waals surface area contributed by atoms with Gasteiger partial charge >= 0.3 is 11.9 Å². The van der Waals surface area contributed by atoms with Gasteiger partial charge in [0.25, 0.3) is 0 Å². The number of hydrogen-bond acceptors (Lipinski definition) is 5. The second kappa shape index (κ2) is 5.95. The molecule has 1 aromatic rings. The molecule has 112 valence electrons. The Morgan fingerprint density at radius 1 is 1.24 bits per heavy atom. The highest BCUT2D eigenvalue weighted by Crippen LogP contribution is 2.27. The Morgan fingerprint density at radius 2 is 1.95 bits per heavy atom. The monoisotopic (exact) mass is 291 g/mol. The molecule has 1 amide bonds. The minimum atomic E-state index is -0.442. The molecule has 0 aliphatic carbocycles. The third-order valence-corrected chi connectivity index (χ3v) is 3.59. The molecule has 6 heteroatoms.